The Morgan fingerprint density at radius 3 is 2.55 bits per heavy atom. The largest absolute Gasteiger partial charge is 0.325 e. The van der Waals surface area contributed by atoms with Gasteiger partial charge in [0.2, 0.25) is 5.91 Å². The zero-order valence-corrected chi connectivity index (χ0v) is 12.9. The normalized spacial score (nSPS) is 9.80. The molecule has 0 radical (unpaired) electrons. The van der Waals surface area contributed by atoms with Gasteiger partial charge in [-0.15, -0.1) is 11.8 Å². The first-order valence-electron chi connectivity index (χ1n) is 5.86. The fourth-order valence-corrected chi connectivity index (χ4v) is 2.90. The maximum absolute atomic E-state index is 11.8. The van der Waals surface area contributed by atoms with E-state index in [4.69, 9.17) is 5.26 Å². The number of rotatable bonds is 4. The zero-order chi connectivity index (χ0) is 14.4. The van der Waals surface area contributed by atoms with Crippen LogP contribution in [0.4, 0.5) is 5.69 Å². The van der Waals surface area contributed by atoms with Gasteiger partial charge in [-0.2, -0.15) is 5.26 Å². The van der Waals surface area contributed by atoms with Crippen molar-refractivity contribution in [2.24, 2.45) is 0 Å². The van der Waals surface area contributed by atoms with Gasteiger partial charge in [0.15, 0.2) is 0 Å². The first kappa shape index (κ1) is 14.6. The van der Waals surface area contributed by atoms with Crippen molar-refractivity contribution in [3.63, 3.8) is 0 Å². The number of hydrogen-bond donors (Lipinski definition) is 1. The Morgan fingerprint density at radius 2 is 1.90 bits per heavy atom. The highest BCUT2D eigenvalue weighted by Crippen LogP contribution is 2.26. The number of nitrogens with one attached hydrogen (secondary N) is 1. The lowest BCUT2D eigenvalue weighted by molar-refractivity contribution is -0.113. The molecule has 0 heterocycles. The highest BCUT2D eigenvalue weighted by atomic mass is 79.9. The molecule has 0 unspecified atom stereocenters. The van der Waals surface area contributed by atoms with Crippen LogP contribution in [0.2, 0.25) is 0 Å². The number of carbonyl (C=O) groups excluding carboxylic acids is 1. The van der Waals surface area contributed by atoms with Gasteiger partial charge in [0.05, 0.1) is 17.4 Å². The highest BCUT2D eigenvalue weighted by Gasteiger charge is 2.05. The third-order valence-corrected chi connectivity index (χ3v) is 4.52. The van der Waals surface area contributed by atoms with E-state index in [1.54, 1.807) is 24.3 Å². The summed E-state index contributed by atoms with van der Waals surface area (Å²) in [6.45, 7) is 0. The summed E-state index contributed by atoms with van der Waals surface area (Å²) in [6.07, 6.45) is 0. The van der Waals surface area contributed by atoms with Crippen molar-refractivity contribution in [2.75, 3.05) is 11.1 Å². The second-order valence-corrected chi connectivity index (χ2v) is 5.83. The summed E-state index contributed by atoms with van der Waals surface area (Å²) in [6, 6.07) is 16.6. The Morgan fingerprint density at radius 1 is 1.20 bits per heavy atom. The molecule has 0 aliphatic carbocycles. The molecule has 100 valence electrons. The minimum absolute atomic E-state index is 0.0736. The van der Waals surface area contributed by atoms with Crippen molar-refractivity contribution in [1.29, 1.82) is 5.26 Å². The van der Waals surface area contributed by atoms with Crippen molar-refractivity contribution in [3.05, 3.63) is 58.6 Å². The molecular formula is C15H11BrN2OS. The monoisotopic (exact) mass is 346 g/mol. The summed E-state index contributed by atoms with van der Waals surface area (Å²) >= 11 is 4.92. The molecule has 0 aromatic heterocycles. The van der Waals surface area contributed by atoms with Gasteiger partial charge < -0.3 is 5.32 Å². The Balaban J connectivity index is 1.89. The summed E-state index contributed by atoms with van der Waals surface area (Å²) in [5.74, 6) is 0.262. The fraction of sp³-hybridized carbons (Fsp3) is 0.0667. The summed E-state index contributed by atoms with van der Waals surface area (Å²) in [5, 5.41) is 11.5. The standard InChI is InChI=1S/C15H11BrN2OS/c16-13-3-1-2-4-14(13)20-10-15(19)18-12-7-5-11(9-17)6-8-12/h1-8H,10H2,(H,18,19). The van der Waals surface area contributed by atoms with Crippen LogP contribution in [0.15, 0.2) is 57.9 Å². The highest BCUT2D eigenvalue weighted by molar-refractivity contribution is 9.10. The summed E-state index contributed by atoms with van der Waals surface area (Å²) in [7, 11) is 0. The topological polar surface area (TPSA) is 52.9 Å². The van der Waals surface area contributed by atoms with Gasteiger partial charge in [-0.1, -0.05) is 12.1 Å². The number of nitrogens with zero attached hydrogens (tertiary/aromatic N) is 1. The molecule has 0 aliphatic rings. The van der Waals surface area contributed by atoms with Crippen LogP contribution in [0.25, 0.3) is 0 Å². The summed E-state index contributed by atoms with van der Waals surface area (Å²) in [5.41, 5.74) is 1.27. The lowest BCUT2D eigenvalue weighted by atomic mass is 10.2. The van der Waals surface area contributed by atoms with Crippen molar-refractivity contribution >= 4 is 39.3 Å². The number of nitriles is 1. The van der Waals surface area contributed by atoms with Gasteiger partial charge >= 0.3 is 0 Å². The van der Waals surface area contributed by atoms with E-state index in [1.165, 1.54) is 11.8 Å². The third kappa shape index (κ3) is 4.12. The van der Waals surface area contributed by atoms with E-state index in [9.17, 15) is 4.79 Å². The maximum atomic E-state index is 11.8. The first-order chi connectivity index (χ1) is 9.69. The molecular weight excluding hydrogens is 336 g/mol. The van der Waals surface area contributed by atoms with E-state index in [2.05, 4.69) is 21.2 Å². The quantitative estimate of drug-likeness (QED) is 0.849. The van der Waals surface area contributed by atoms with Crippen molar-refractivity contribution in [2.45, 2.75) is 4.90 Å². The predicted molar refractivity (Wildman–Crippen MR) is 84.7 cm³/mol. The van der Waals surface area contributed by atoms with E-state index in [0.717, 1.165) is 9.37 Å². The van der Waals surface area contributed by atoms with Crippen LogP contribution in [0, 0.1) is 11.3 Å². The number of halogens is 1. The number of amides is 1. The van der Waals surface area contributed by atoms with Gasteiger partial charge in [-0.05, 0) is 52.3 Å². The average molecular weight is 347 g/mol. The Kier molecular flexibility index (Phi) is 5.22. The molecule has 0 bridgehead atoms. The van der Waals surface area contributed by atoms with Crippen molar-refractivity contribution in [1.82, 2.24) is 0 Å². The molecule has 3 nitrogen and oxygen atoms in total. The van der Waals surface area contributed by atoms with Gasteiger partial charge in [0, 0.05) is 15.1 Å². The number of hydrogen-bond acceptors (Lipinski definition) is 3. The van der Waals surface area contributed by atoms with Crippen molar-refractivity contribution < 1.29 is 4.79 Å². The van der Waals surface area contributed by atoms with Gasteiger partial charge in [0.25, 0.3) is 0 Å². The van der Waals surface area contributed by atoms with Gasteiger partial charge in [0.1, 0.15) is 0 Å². The Labute approximate surface area is 130 Å². The number of anilines is 1. The Hall–Kier alpha value is -1.77. The molecule has 2 rings (SSSR count). The molecule has 20 heavy (non-hydrogen) atoms. The molecule has 2 aromatic rings. The van der Waals surface area contributed by atoms with Crippen LogP contribution in [0.1, 0.15) is 5.56 Å². The van der Waals surface area contributed by atoms with Crippen LogP contribution < -0.4 is 5.32 Å². The molecule has 0 aliphatic heterocycles. The molecule has 0 spiro atoms. The van der Waals surface area contributed by atoms with E-state index in [-0.39, 0.29) is 5.91 Å². The number of thioether (sulfide) groups is 1. The molecule has 0 saturated heterocycles. The predicted octanol–water partition coefficient (Wildman–Crippen LogP) is 4.05. The maximum Gasteiger partial charge on any atom is 0.234 e. The van der Waals surface area contributed by atoms with E-state index < -0.39 is 0 Å². The second-order valence-electron chi connectivity index (χ2n) is 3.96. The molecule has 1 N–H and O–H groups in total. The smallest absolute Gasteiger partial charge is 0.234 e. The van der Waals surface area contributed by atoms with Crippen LogP contribution in [0.3, 0.4) is 0 Å². The van der Waals surface area contributed by atoms with Crippen LogP contribution in [-0.4, -0.2) is 11.7 Å². The van der Waals surface area contributed by atoms with Crippen molar-refractivity contribution in [3.8, 4) is 6.07 Å². The minimum Gasteiger partial charge on any atom is -0.325 e. The lowest BCUT2D eigenvalue weighted by Crippen LogP contribution is -2.13. The van der Waals surface area contributed by atoms with Crippen LogP contribution in [0.5, 0.6) is 0 Å². The van der Waals surface area contributed by atoms with Gasteiger partial charge in [-0.3, -0.25) is 4.79 Å². The number of carbonyl (C=O) groups is 1. The molecule has 1 amide bonds. The molecule has 5 heteroatoms. The second kappa shape index (κ2) is 7.13. The molecule has 0 fully saturated rings. The van der Waals surface area contributed by atoms with E-state index >= 15 is 0 Å². The van der Waals surface area contributed by atoms with Gasteiger partial charge in [-0.25, -0.2) is 0 Å². The Bertz CT molecular complexity index is 650. The molecule has 0 saturated carbocycles. The van der Waals surface area contributed by atoms with E-state index in [1.807, 2.05) is 30.3 Å². The summed E-state index contributed by atoms with van der Waals surface area (Å²) < 4.78 is 0.983. The fourth-order valence-electron chi connectivity index (χ4n) is 1.53. The summed E-state index contributed by atoms with van der Waals surface area (Å²) in [4.78, 5) is 12.9. The molecule has 2 aromatic carbocycles. The first-order valence-corrected chi connectivity index (χ1v) is 7.64. The van der Waals surface area contributed by atoms with Crippen LogP contribution >= 0.6 is 27.7 Å². The third-order valence-electron chi connectivity index (χ3n) is 2.49. The zero-order valence-electron chi connectivity index (χ0n) is 10.5. The minimum atomic E-state index is -0.0736. The average Bonchev–Trinajstić information content (AvgIpc) is 2.47. The SMILES string of the molecule is N#Cc1ccc(NC(=O)CSc2ccccc2Br)cc1. The molecule has 0 atom stereocenters. The number of benzene rings is 2. The van der Waals surface area contributed by atoms with E-state index in [0.29, 0.717) is 17.0 Å². The van der Waals surface area contributed by atoms with Crippen LogP contribution in [-0.2, 0) is 4.79 Å². The lowest BCUT2D eigenvalue weighted by Gasteiger charge is -2.06.